The highest BCUT2D eigenvalue weighted by molar-refractivity contribution is 6.35. The van der Waals surface area contributed by atoms with Crippen molar-refractivity contribution in [1.29, 1.82) is 0 Å². The molecule has 8 heteroatoms. The van der Waals surface area contributed by atoms with E-state index in [0.717, 1.165) is 12.8 Å². The first-order valence-electron chi connectivity index (χ1n) is 7.75. The standard InChI is InChI=1S/C16H20ClN3O4/c1-16(7-6-10(22-2)24-16)8-18-14-11(17)12(15(21)23-3)19-13(20-14)9-4-5-9/h6-7,9-10H,4-5,8H2,1-3H3,(H,18,19,20). The van der Waals surface area contributed by atoms with E-state index in [-0.39, 0.29) is 22.9 Å². The average Bonchev–Trinajstić information content (AvgIpc) is 3.36. The van der Waals surface area contributed by atoms with Gasteiger partial charge in [0, 0.05) is 19.6 Å². The second kappa shape index (κ2) is 6.66. The van der Waals surface area contributed by atoms with Crippen LogP contribution in [0, 0.1) is 0 Å². The highest BCUT2D eigenvalue weighted by Gasteiger charge is 2.33. The Morgan fingerprint density at radius 2 is 2.21 bits per heavy atom. The molecule has 0 bridgehead atoms. The fourth-order valence-corrected chi connectivity index (χ4v) is 2.68. The number of anilines is 1. The van der Waals surface area contributed by atoms with Crippen molar-refractivity contribution in [2.45, 2.75) is 37.6 Å². The number of ether oxygens (including phenoxy) is 3. The van der Waals surface area contributed by atoms with Crippen LogP contribution in [0.2, 0.25) is 5.02 Å². The Morgan fingerprint density at radius 3 is 2.79 bits per heavy atom. The van der Waals surface area contributed by atoms with E-state index in [1.165, 1.54) is 7.11 Å². The molecular weight excluding hydrogens is 334 g/mol. The first-order valence-corrected chi connectivity index (χ1v) is 8.13. The molecule has 3 rings (SSSR count). The summed E-state index contributed by atoms with van der Waals surface area (Å²) in [6.07, 6.45) is 5.43. The van der Waals surface area contributed by atoms with Gasteiger partial charge >= 0.3 is 5.97 Å². The monoisotopic (exact) mass is 353 g/mol. The molecule has 1 fully saturated rings. The van der Waals surface area contributed by atoms with Gasteiger partial charge in [-0.2, -0.15) is 0 Å². The maximum atomic E-state index is 11.9. The van der Waals surface area contributed by atoms with E-state index in [2.05, 4.69) is 15.3 Å². The van der Waals surface area contributed by atoms with E-state index < -0.39 is 11.6 Å². The van der Waals surface area contributed by atoms with Gasteiger partial charge in [-0.25, -0.2) is 14.8 Å². The number of nitrogens with zero attached hydrogens (tertiary/aromatic N) is 2. The third kappa shape index (κ3) is 3.53. The lowest BCUT2D eigenvalue weighted by Gasteiger charge is -2.25. The number of rotatable bonds is 6. The summed E-state index contributed by atoms with van der Waals surface area (Å²) in [6.45, 7) is 2.35. The quantitative estimate of drug-likeness (QED) is 0.621. The molecular formula is C16H20ClN3O4. The van der Waals surface area contributed by atoms with Crippen molar-refractivity contribution < 1.29 is 19.0 Å². The molecule has 1 N–H and O–H groups in total. The van der Waals surface area contributed by atoms with Crippen molar-refractivity contribution in [3.05, 3.63) is 28.7 Å². The number of aromatic nitrogens is 2. The lowest BCUT2D eigenvalue weighted by Crippen LogP contribution is -2.34. The molecule has 2 heterocycles. The van der Waals surface area contributed by atoms with Gasteiger partial charge in [0.25, 0.3) is 0 Å². The zero-order chi connectivity index (χ0) is 17.3. The predicted octanol–water partition coefficient (Wildman–Crippen LogP) is 2.52. The molecule has 0 aromatic carbocycles. The molecule has 130 valence electrons. The first-order chi connectivity index (χ1) is 11.5. The van der Waals surface area contributed by atoms with Gasteiger partial charge in [0.2, 0.25) is 0 Å². The van der Waals surface area contributed by atoms with Crippen molar-refractivity contribution in [1.82, 2.24) is 9.97 Å². The van der Waals surface area contributed by atoms with Crippen LogP contribution in [0.4, 0.5) is 5.82 Å². The van der Waals surface area contributed by atoms with E-state index >= 15 is 0 Å². The fourth-order valence-electron chi connectivity index (χ4n) is 2.45. The molecule has 2 atom stereocenters. The third-order valence-electron chi connectivity index (χ3n) is 4.02. The molecule has 0 radical (unpaired) electrons. The Kier molecular flexibility index (Phi) is 4.76. The fraction of sp³-hybridized carbons (Fsp3) is 0.562. The number of carbonyl (C=O) groups is 1. The van der Waals surface area contributed by atoms with Crippen molar-refractivity contribution in [2.24, 2.45) is 0 Å². The van der Waals surface area contributed by atoms with Crippen LogP contribution in [-0.4, -0.2) is 48.6 Å². The maximum absolute atomic E-state index is 11.9. The molecule has 24 heavy (non-hydrogen) atoms. The molecule has 2 unspecified atom stereocenters. The van der Waals surface area contributed by atoms with Crippen LogP contribution in [0.3, 0.4) is 0 Å². The van der Waals surface area contributed by atoms with Crippen LogP contribution in [0.25, 0.3) is 0 Å². The Hall–Kier alpha value is -1.70. The molecule has 1 saturated carbocycles. The minimum atomic E-state index is -0.574. The minimum Gasteiger partial charge on any atom is -0.464 e. The Labute approximate surface area is 145 Å². The van der Waals surface area contributed by atoms with Gasteiger partial charge in [-0.3, -0.25) is 0 Å². The number of esters is 1. The minimum absolute atomic E-state index is 0.0846. The van der Waals surface area contributed by atoms with E-state index in [1.807, 2.05) is 19.1 Å². The molecule has 1 aliphatic carbocycles. The second-order valence-electron chi connectivity index (χ2n) is 6.11. The molecule has 2 aliphatic rings. The van der Waals surface area contributed by atoms with Crippen molar-refractivity contribution in [3.63, 3.8) is 0 Å². The molecule has 7 nitrogen and oxygen atoms in total. The normalized spacial score (nSPS) is 25.8. The predicted molar refractivity (Wildman–Crippen MR) is 88.3 cm³/mol. The average molecular weight is 354 g/mol. The van der Waals surface area contributed by atoms with Gasteiger partial charge in [-0.1, -0.05) is 17.7 Å². The summed E-state index contributed by atoms with van der Waals surface area (Å²) in [6, 6.07) is 0. The summed E-state index contributed by atoms with van der Waals surface area (Å²) in [5, 5.41) is 3.31. The van der Waals surface area contributed by atoms with Crippen LogP contribution in [0.5, 0.6) is 0 Å². The van der Waals surface area contributed by atoms with Gasteiger partial charge in [-0.15, -0.1) is 0 Å². The number of hydrogen-bond donors (Lipinski definition) is 1. The number of hydrogen-bond acceptors (Lipinski definition) is 7. The van der Waals surface area contributed by atoms with Crippen LogP contribution in [0.1, 0.15) is 42.0 Å². The van der Waals surface area contributed by atoms with E-state index in [0.29, 0.717) is 18.2 Å². The van der Waals surface area contributed by atoms with Gasteiger partial charge < -0.3 is 19.5 Å². The number of nitrogens with one attached hydrogen (secondary N) is 1. The zero-order valence-electron chi connectivity index (χ0n) is 13.8. The lowest BCUT2D eigenvalue weighted by molar-refractivity contribution is -0.129. The van der Waals surface area contributed by atoms with Gasteiger partial charge in [0.15, 0.2) is 12.0 Å². The SMILES string of the molecule is COC(=O)c1nc(C2CC2)nc(NCC2(C)C=CC(OC)O2)c1Cl. The summed E-state index contributed by atoms with van der Waals surface area (Å²) in [5.41, 5.74) is -0.471. The second-order valence-corrected chi connectivity index (χ2v) is 6.48. The lowest BCUT2D eigenvalue weighted by atomic mass is 10.1. The van der Waals surface area contributed by atoms with E-state index in [9.17, 15) is 4.79 Å². The highest BCUT2D eigenvalue weighted by Crippen LogP contribution is 2.40. The molecule has 0 spiro atoms. The summed E-state index contributed by atoms with van der Waals surface area (Å²) < 4.78 is 15.7. The molecule has 1 aromatic rings. The van der Waals surface area contributed by atoms with Crippen LogP contribution in [0.15, 0.2) is 12.2 Å². The number of halogens is 1. The van der Waals surface area contributed by atoms with Crippen LogP contribution < -0.4 is 5.32 Å². The summed E-state index contributed by atoms with van der Waals surface area (Å²) in [4.78, 5) is 20.6. The van der Waals surface area contributed by atoms with Crippen molar-refractivity contribution in [2.75, 3.05) is 26.1 Å². The number of carbonyl (C=O) groups excluding carboxylic acids is 1. The first kappa shape index (κ1) is 17.1. The van der Waals surface area contributed by atoms with Crippen molar-refractivity contribution in [3.8, 4) is 0 Å². The molecule has 0 amide bonds. The third-order valence-corrected chi connectivity index (χ3v) is 4.38. The number of methoxy groups -OCH3 is 2. The van der Waals surface area contributed by atoms with E-state index in [1.54, 1.807) is 7.11 Å². The molecule has 1 aromatic heterocycles. The summed E-state index contributed by atoms with van der Waals surface area (Å²) in [5.74, 6) is 0.732. The largest absolute Gasteiger partial charge is 0.464 e. The maximum Gasteiger partial charge on any atom is 0.358 e. The van der Waals surface area contributed by atoms with Crippen molar-refractivity contribution >= 4 is 23.4 Å². The smallest absolute Gasteiger partial charge is 0.358 e. The van der Waals surface area contributed by atoms with E-state index in [4.69, 9.17) is 25.8 Å². The van der Waals surface area contributed by atoms with Gasteiger partial charge in [0.1, 0.15) is 22.3 Å². The zero-order valence-corrected chi connectivity index (χ0v) is 14.6. The van der Waals surface area contributed by atoms with Gasteiger partial charge in [-0.05, 0) is 25.8 Å². The summed E-state index contributed by atoms with van der Waals surface area (Å²) in [7, 11) is 2.88. The van der Waals surface area contributed by atoms with Crippen LogP contribution in [-0.2, 0) is 14.2 Å². The molecule has 0 saturated heterocycles. The molecule has 1 aliphatic heterocycles. The highest BCUT2D eigenvalue weighted by atomic mass is 35.5. The Morgan fingerprint density at radius 1 is 1.46 bits per heavy atom. The Balaban J connectivity index is 1.81. The van der Waals surface area contributed by atoms with Crippen LogP contribution >= 0.6 is 11.6 Å². The Bertz CT molecular complexity index is 678. The topological polar surface area (TPSA) is 82.6 Å². The van der Waals surface area contributed by atoms with Gasteiger partial charge in [0.05, 0.1) is 7.11 Å². The summed E-state index contributed by atoms with van der Waals surface area (Å²) >= 11 is 6.29.